The number of aromatic nitrogens is 3. The Balaban J connectivity index is 1.37. The molecule has 0 radical (unpaired) electrons. The van der Waals surface area contributed by atoms with Crippen molar-refractivity contribution < 1.29 is 17.9 Å². The van der Waals surface area contributed by atoms with Crippen LogP contribution in [-0.4, -0.2) is 79.2 Å². The number of nitrogens with one attached hydrogen (secondary N) is 2. The molecule has 0 saturated carbocycles. The fraction of sp³-hybridized carbons (Fsp3) is 0.484. The highest BCUT2D eigenvalue weighted by Crippen LogP contribution is 2.43. The van der Waals surface area contributed by atoms with Crippen molar-refractivity contribution in [2.45, 2.75) is 57.7 Å². The van der Waals surface area contributed by atoms with E-state index in [0.717, 1.165) is 41.4 Å². The molecule has 3 fully saturated rings. The Labute approximate surface area is 252 Å². The largest absolute Gasteiger partial charge is 0.376 e. The van der Waals surface area contributed by atoms with Crippen molar-refractivity contribution in [1.82, 2.24) is 15.0 Å². The number of carbonyl (C=O) groups excluding carboxylic acids is 1. The number of pyridine rings is 1. The van der Waals surface area contributed by atoms with Crippen molar-refractivity contribution in [1.29, 1.82) is 0 Å². The fourth-order valence-corrected chi connectivity index (χ4v) is 7.80. The van der Waals surface area contributed by atoms with E-state index in [1.165, 1.54) is 12.3 Å². The van der Waals surface area contributed by atoms with Crippen LogP contribution in [0.3, 0.4) is 0 Å². The van der Waals surface area contributed by atoms with Crippen LogP contribution in [0.25, 0.3) is 10.8 Å². The number of piperidine rings is 1. The Kier molecular flexibility index (Phi) is 7.76. The zero-order valence-corrected chi connectivity index (χ0v) is 25.9. The zero-order valence-electron chi connectivity index (χ0n) is 25.1. The quantitative estimate of drug-likeness (QED) is 0.342. The summed E-state index contributed by atoms with van der Waals surface area (Å²) in [5.74, 6) is 1.90. The number of hydrogen-bond donors (Lipinski definition) is 2. The van der Waals surface area contributed by atoms with E-state index < -0.39 is 9.84 Å². The minimum Gasteiger partial charge on any atom is -0.376 e. The molecule has 228 valence electrons. The molecule has 11 nitrogen and oxygen atoms in total. The second-order valence-electron chi connectivity index (χ2n) is 12.3. The third-order valence-electron chi connectivity index (χ3n) is 8.84. The van der Waals surface area contributed by atoms with Gasteiger partial charge in [0.15, 0.2) is 0 Å². The summed E-state index contributed by atoms with van der Waals surface area (Å²) in [7, 11) is -3.09. The van der Waals surface area contributed by atoms with E-state index in [-0.39, 0.29) is 29.5 Å². The highest BCUT2D eigenvalue weighted by Gasteiger charge is 2.39. The average Bonchev–Trinajstić information content (AvgIpc) is 3.33. The first kappa shape index (κ1) is 29.3. The SMILES string of the molecule is C=CC(=O)Nc1cc(N2C[C@H](CS(C)(=O)=O)[C@H]2C)c2cnc(Nc3ccnc(N4CC[C@@H]5C[C@H]4CO5)n3)cc2c1C(C)C. The van der Waals surface area contributed by atoms with Gasteiger partial charge in [-0.05, 0) is 60.9 Å². The lowest BCUT2D eigenvalue weighted by atomic mass is 9.88. The summed E-state index contributed by atoms with van der Waals surface area (Å²) < 4.78 is 29.8. The van der Waals surface area contributed by atoms with Gasteiger partial charge in [-0.3, -0.25) is 4.79 Å². The van der Waals surface area contributed by atoms with Crippen LogP contribution in [0.1, 0.15) is 45.1 Å². The molecule has 3 aliphatic heterocycles. The molecule has 3 aromatic rings. The summed E-state index contributed by atoms with van der Waals surface area (Å²) in [4.78, 5) is 31.0. The van der Waals surface area contributed by atoms with Crippen LogP contribution in [0.4, 0.5) is 29.0 Å². The first-order valence-corrected chi connectivity index (χ1v) is 16.9. The predicted octanol–water partition coefficient (Wildman–Crippen LogP) is 4.25. The maximum Gasteiger partial charge on any atom is 0.247 e. The number of fused-ring (bicyclic) bond motifs is 3. The van der Waals surface area contributed by atoms with E-state index in [0.29, 0.717) is 48.6 Å². The van der Waals surface area contributed by atoms with E-state index >= 15 is 0 Å². The maximum atomic E-state index is 12.5. The Hall–Kier alpha value is -3.77. The summed E-state index contributed by atoms with van der Waals surface area (Å²) in [5, 5.41) is 8.26. The standard InChI is InChI=1S/C31H39N7O4S/c1-6-29(39)34-25-13-26(38-15-20(19(38)4)17-43(5,40)41)24-14-33-28(12-23(24)30(25)18(2)3)35-27-7-9-32-31(36-27)37-10-8-22-11-21(37)16-42-22/h6-7,9,12-14,18-22H,1,8,10-11,15-17H2,2-5H3,(H,34,39)(H,32,33,35,36)/t19-,20-,21+,22-/m1/s1. The molecule has 6 rings (SSSR count). The van der Waals surface area contributed by atoms with Crippen LogP contribution < -0.4 is 20.4 Å². The van der Waals surface area contributed by atoms with Crippen molar-refractivity contribution in [3.8, 4) is 0 Å². The molecule has 3 saturated heterocycles. The summed E-state index contributed by atoms with van der Waals surface area (Å²) in [6.07, 6.45) is 8.46. The first-order chi connectivity index (χ1) is 20.5. The smallest absolute Gasteiger partial charge is 0.247 e. The van der Waals surface area contributed by atoms with Crippen molar-refractivity contribution in [2.75, 3.05) is 52.1 Å². The number of sulfone groups is 1. The second kappa shape index (κ2) is 11.4. The molecule has 5 heterocycles. The molecule has 4 atom stereocenters. The van der Waals surface area contributed by atoms with Crippen LogP contribution in [0.15, 0.2) is 43.2 Å². The van der Waals surface area contributed by atoms with Gasteiger partial charge in [-0.2, -0.15) is 4.98 Å². The number of amides is 1. The normalized spacial score (nSPS) is 23.4. The highest BCUT2D eigenvalue weighted by atomic mass is 32.2. The van der Waals surface area contributed by atoms with E-state index in [4.69, 9.17) is 14.7 Å². The number of hydrogen-bond acceptors (Lipinski definition) is 10. The lowest BCUT2D eigenvalue weighted by Crippen LogP contribution is -2.57. The minimum atomic E-state index is -3.09. The van der Waals surface area contributed by atoms with Crippen LogP contribution in [0, 0.1) is 5.92 Å². The van der Waals surface area contributed by atoms with Gasteiger partial charge in [-0.25, -0.2) is 18.4 Å². The first-order valence-electron chi connectivity index (χ1n) is 14.8. The van der Waals surface area contributed by atoms with Crippen LogP contribution in [0.2, 0.25) is 0 Å². The molecule has 0 aliphatic carbocycles. The third-order valence-corrected chi connectivity index (χ3v) is 9.87. The number of carbonyl (C=O) groups is 1. The monoisotopic (exact) mass is 605 g/mol. The number of ether oxygens (including phenoxy) is 1. The van der Waals surface area contributed by atoms with Crippen LogP contribution >= 0.6 is 0 Å². The molecule has 1 amide bonds. The molecule has 0 unspecified atom stereocenters. The number of benzene rings is 1. The summed E-state index contributed by atoms with van der Waals surface area (Å²) >= 11 is 0. The molecular formula is C31H39N7O4S. The Bertz CT molecular complexity index is 1680. The molecule has 3 aliphatic rings. The van der Waals surface area contributed by atoms with Gasteiger partial charge in [0.1, 0.15) is 21.5 Å². The highest BCUT2D eigenvalue weighted by molar-refractivity contribution is 7.90. The molecule has 12 heteroatoms. The van der Waals surface area contributed by atoms with Crippen molar-refractivity contribution >= 4 is 55.5 Å². The molecule has 1 aromatic carbocycles. The number of anilines is 5. The van der Waals surface area contributed by atoms with E-state index in [9.17, 15) is 13.2 Å². The zero-order chi connectivity index (χ0) is 30.5. The summed E-state index contributed by atoms with van der Waals surface area (Å²) in [6.45, 7) is 12.0. The number of rotatable bonds is 9. The minimum absolute atomic E-state index is 0.0124. The van der Waals surface area contributed by atoms with E-state index in [2.05, 4.69) is 45.8 Å². The fourth-order valence-electron chi connectivity index (χ4n) is 6.64. The molecular weight excluding hydrogens is 566 g/mol. The lowest BCUT2D eigenvalue weighted by Gasteiger charge is -2.48. The van der Waals surface area contributed by atoms with Crippen molar-refractivity contribution in [3.63, 3.8) is 0 Å². The van der Waals surface area contributed by atoms with Crippen LogP contribution in [0.5, 0.6) is 0 Å². The van der Waals surface area contributed by atoms with Gasteiger partial charge < -0.3 is 25.2 Å². The van der Waals surface area contributed by atoms with Gasteiger partial charge in [-0.15, -0.1) is 0 Å². The summed E-state index contributed by atoms with van der Waals surface area (Å²) in [6, 6.07) is 6.11. The van der Waals surface area contributed by atoms with Gasteiger partial charge in [0.25, 0.3) is 0 Å². The van der Waals surface area contributed by atoms with E-state index in [1.54, 1.807) is 6.20 Å². The van der Waals surface area contributed by atoms with E-state index in [1.807, 2.05) is 31.3 Å². The van der Waals surface area contributed by atoms with Gasteiger partial charge >= 0.3 is 0 Å². The lowest BCUT2D eigenvalue weighted by molar-refractivity contribution is -0.111. The van der Waals surface area contributed by atoms with Gasteiger partial charge in [-0.1, -0.05) is 20.4 Å². The van der Waals surface area contributed by atoms with Gasteiger partial charge in [0, 0.05) is 60.5 Å². The molecule has 2 aromatic heterocycles. The maximum absolute atomic E-state index is 12.5. The predicted molar refractivity (Wildman–Crippen MR) is 170 cm³/mol. The molecule has 0 spiro atoms. The second-order valence-corrected chi connectivity index (χ2v) is 14.4. The topological polar surface area (TPSA) is 130 Å². The molecule has 2 bridgehead atoms. The molecule has 2 N–H and O–H groups in total. The Morgan fingerprint density at radius 1 is 1.21 bits per heavy atom. The van der Waals surface area contributed by atoms with Crippen molar-refractivity contribution in [3.05, 3.63) is 48.8 Å². The summed E-state index contributed by atoms with van der Waals surface area (Å²) in [5.41, 5.74) is 2.58. The average molecular weight is 606 g/mol. The number of nitrogens with zero attached hydrogens (tertiary/aromatic N) is 5. The van der Waals surface area contributed by atoms with Crippen molar-refractivity contribution in [2.24, 2.45) is 5.92 Å². The third kappa shape index (κ3) is 5.90. The molecule has 43 heavy (non-hydrogen) atoms. The van der Waals surface area contributed by atoms with Gasteiger partial charge in [0.2, 0.25) is 11.9 Å². The Morgan fingerprint density at radius 3 is 2.74 bits per heavy atom. The van der Waals surface area contributed by atoms with Crippen LogP contribution in [-0.2, 0) is 19.4 Å². The Morgan fingerprint density at radius 2 is 2.02 bits per heavy atom. The van der Waals surface area contributed by atoms with Gasteiger partial charge in [0.05, 0.1) is 24.5 Å².